The number of carbonyl (C=O) groups excluding carboxylic acids is 2. The minimum atomic E-state index is -0.191. The molecule has 2 aromatic rings. The van der Waals surface area contributed by atoms with Crippen molar-refractivity contribution >= 4 is 17.5 Å². The fraction of sp³-hybridized carbons (Fsp3) is 0.286. The van der Waals surface area contributed by atoms with Gasteiger partial charge in [-0.3, -0.25) is 9.59 Å². The Morgan fingerprint density at radius 1 is 1.08 bits per heavy atom. The summed E-state index contributed by atoms with van der Waals surface area (Å²) in [7, 11) is 0. The molecule has 0 aromatic heterocycles. The van der Waals surface area contributed by atoms with Crippen LogP contribution >= 0.6 is 0 Å². The second-order valence-electron chi connectivity index (χ2n) is 6.48. The highest BCUT2D eigenvalue weighted by atomic mass is 16.2. The lowest BCUT2D eigenvalue weighted by atomic mass is 10.1. The van der Waals surface area contributed by atoms with Crippen LogP contribution in [0.3, 0.4) is 0 Å². The molecule has 0 saturated carbocycles. The summed E-state index contributed by atoms with van der Waals surface area (Å²) < 4.78 is 0. The highest BCUT2D eigenvalue weighted by Gasteiger charge is 2.24. The van der Waals surface area contributed by atoms with Crippen LogP contribution in [-0.2, 0) is 22.6 Å². The summed E-state index contributed by atoms with van der Waals surface area (Å²) in [6.45, 7) is 2.99. The zero-order valence-corrected chi connectivity index (χ0v) is 14.9. The zero-order chi connectivity index (χ0) is 18.4. The van der Waals surface area contributed by atoms with E-state index in [0.717, 1.165) is 12.0 Å². The van der Waals surface area contributed by atoms with Gasteiger partial charge < -0.3 is 5.32 Å². The molecule has 2 amide bonds. The van der Waals surface area contributed by atoms with Gasteiger partial charge in [-0.1, -0.05) is 60.2 Å². The molecule has 5 heteroatoms. The molecule has 1 aliphatic heterocycles. The van der Waals surface area contributed by atoms with Gasteiger partial charge in [-0.15, -0.1) is 0 Å². The van der Waals surface area contributed by atoms with Crippen molar-refractivity contribution in [3.05, 3.63) is 71.3 Å². The molecule has 0 aliphatic carbocycles. The Bertz CT molecular complexity index is 815. The third-order valence-corrected chi connectivity index (χ3v) is 4.32. The Balaban J connectivity index is 1.57. The Kier molecular flexibility index (Phi) is 5.79. The summed E-state index contributed by atoms with van der Waals surface area (Å²) in [5.41, 5.74) is 3.81. The van der Waals surface area contributed by atoms with Crippen LogP contribution in [0.15, 0.2) is 59.7 Å². The van der Waals surface area contributed by atoms with Gasteiger partial charge in [0, 0.05) is 19.4 Å². The summed E-state index contributed by atoms with van der Waals surface area (Å²) in [4.78, 5) is 24.5. The fourth-order valence-electron chi connectivity index (χ4n) is 2.93. The molecule has 3 rings (SSSR count). The summed E-state index contributed by atoms with van der Waals surface area (Å²) >= 11 is 0. The molecule has 0 unspecified atom stereocenters. The number of hydrazone groups is 1. The first-order chi connectivity index (χ1) is 12.6. The Hall–Kier alpha value is -2.95. The number of benzene rings is 2. The number of carbonyl (C=O) groups is 2. The number of amides is 2. The van der Waals surface area contributed by atoms with E-state index in [0.29, 0.717) is 31.6 Å². The van der Waals surface area contributed by atoms with E-state index in [-0.39, 0.29) is 11.8 Å². The van der Waals surface area contributed by atoms with Crippen LogP contribution in [0.4, 0.5) is 0 Å². The molecule has 0 spiro atoms. The minimum Gasteiger partial charge on any atom is -0.351 e. The van der Waals surface area contributed by atoms with Gasteiger partial charge in [0.1, 0.15) is 5.71 Å². The van der Waals surface area contributed by atoms with Crippen LogP contribution in [0.25, 0.3) is 0 Å². The number of hydrogen-bond acceptors (Lipinski definition) is 3. The number of nitrogens with one attached hydrogen (secondary N) is 1. The van der Waals surface area contributed by atoms with Crippen LogP contribution in [0, 0.1) is 6.92 Å². The smallest absolute Gasteiger partial charge is 0.267 e. The molecule has 0 radical (unpaired) electrons. The average Bonchev–Trinajstić information content (AvgIpc) is 2.64. The Morgan fingerprint density at radius 3 is 2.62 bits per heavy atom. The zero-order valence-electron chi connectivity index (χ0n) is 14.9. The van der Waals surface area contributed by atoms with Gasteiger partial charge in [0.25, 0.3) is 5.91 Å². The molecule has 5 nitrogen and oxygen atoms in total. The van der Waals surface area contributed by atoms with Crippen molar-refractivity contribution in [2.75, 3.05) is 6.54 Å². The highest BCUT2D eigenvalue weighted by molar-refractivity contribution is 6.39. The average molecular weight is 349 g/mol. The van der Waals surface area contributed by atoms with E-state index >= 15 is 0 Å². The quantitative estimate of drug-likeness (QED) is 0.872. The molecule has 134 valence electrons. The van der Waals surface area contributed by atoms with Gasteiger partial charge in [0.15, 0.2) is 0 Å². The van der Waals surface area contributed by atoms with Crippen LogP contribution in [0.2, 0.25) is 0 Å². The predicted octanol–water partition coefficient (Wildman–Crippen LogP) is 2.83. The number of hydrogen-bond donors (Lipinski definition) is 1. The summed E-state index contributed by atoms with van der Waals surface area (Å²) in [5.74, 6) is -0.242. The van der Waals surface area contributed by atoms with E-state index in [1.807, 2.05) is 36.4 Å². The largest absolute Gasteiger partial charge is 0.351 e. The van der Waals surface area contributed by atoms with E-state index in [4.69, 9.17) is 0 Å². The second kappa shape index (κ2) is 8.43. The van der Waals surface area contributed by atoms with E-state index in [2.05, 4.69) is 35.5 Å². The van der Waals surface area contributed by atoms with E-state index in [1.54, 1.807) is 0 Å². The number of rotatable bonds is 6. The first-order valence-corrected chi connectivity index (χ1v) is 8.87. The van der Waals surface area contributed by atoms with Crippen molar-refractivity contribution in [1.29, 1.82) is 0 Å². The van der Waals surface area contributed by atoms with Crippen molar-refractivity contribution in [2.24, 2.45) is 5.10 Å². The van der Waals surface area contributed by atoms with Gasteiger partial charge in [-0.05, 0) is 24.5 Å². The van der Waals surface area contributed by atoms with Crippen LogP contribution < -0.4 is 5.32 Å². The van der Waals surface area contributed by atoms with Crippen molar-refractivity contribution in [3.63, 3.8) is 0 Å². The van der Waals surface area contributed by atoms with Gasteiger partial charge >= 0.3 is 0 Å². The topological polar surface area (TPSA) is 61.8 Å². The molecule has 0 saturated heterocycles. The monoisotopic (exact) mass is 349 g/mol. The number of aryl methyl sites for hydroxylation is 1. The first-order valence-electron chi connectivity index (χ1n) is 8.87. The maximum Gasteiger partial charge on any atom is 0.267 e. The standard InChI is InChI=1S/C21H23N3O2/c1-16-6-5-9-17(14-16)12-13-22-21(26)19-10-11-20(25)24(23-19)15-18-7-3-2-4-8-18/h2-9,14H,10-13,15H2,1H3,(H,22,26). The molecular weight excluding hydrogens is 326 g/mol. The lowest BCUT2D eigenvalue weighted by molar-refractivity contribution is -0.132. The summed E-state index contributed by atoms with van der Waals surface area (Å²) in [6, 6.07) is 17.9. The summed E-state index contributed by atoms with van der Waals surface area (Å²) in [6.07, 6.45) is 1.48. The van der Waals surface area contributed by atoms with Crippen molar-refractivity contribution < 1.29 is 9.59 Å². The van der Waals surface area contributed by atoms with Crippen molar-refractivity contribution in [1.82, 2.24) is 10.3 Å². The third kappa shape index (κ3) is 4.79. The molecule has 26 heavy (non-hydrogen) atoms. The second-order valence-corrected chi connectivity index (χ2v) is 6.48. The van der Waals surface area contributed by atoms with E-state index in [1.165, 1.54) is 16.1 Å². The maximum atomic E-state index is 12.4. The lowest BCUT2D eigenvalue weighted by Gasteiger charge is -2.23. The normalized spacial score (nSPS) is 14.1. The predicted molar refractivity (Wildman–Crippen MR) is 102 cm³/mol. The Morgan fingerprint density at radius 2 is 1.85 bits per heavy atom. The lowest BCUT2D eigenvalue weighted by Crippen LogP contribution is -2.39. The molecule has 1 heterocycles. The number of nitrogens with zero attached hydrogens (tertiary/aromatic N) is 2. The van der Waals surface area contributed by atoms with Crippen molar-refractivity contribution in [3.8, 4) is 0 Å². The van der Waals surface area contributed by atoms with E-state index in [9.17, 15) is 9.59 Å². The van der Waals surface area contributed by atoms with Crippen molar-refractivity contribution in [2.45, 2.75) is 32.7 Å². The summed E-state index contributed by atoms with van der Waals surface area (Å²) in [5, 5.41) is 8.60. The highest BCUT2D eigenvalue weighted by Crippen LogP contribution is 2.13. The van der Waals surface area contributed by atoms with Crippen LogP contribution in [0.5, 0.6) is 0 Å². The maximum absolute atomic E-state index is 12.4. The fourth-order valence-corrected chi connectivity index (χ4v) is 2.93. The molecule has 1 aliphatic rings. The van der Waals surface area contributed by atoms with Crippen LogP contribution in [0.1, 0.15) is 29.5 Å². The molecule has 0 bridgehead atoms. The molecule has 0 fully saturated rings. The molecular formula is C21H23N3O2. The van der Waals surface area contributed by atoms with Gasteiger partial charge in [-0.25, -0.2) is 5.01 Å². The van der Waals surface area contributed by atoms with Gasteiger partial charge in [-0.2, -0.15) is 5.10 Å². The molecule has 0 atom stereocenters. The van der Waals surface area contributed by atoms with Gasteiger partial charge in [0.2, 0.25) is 5.91 Å². The SMILES string of the molecule is Cc1cccc(CCNC(=O)C2=NN(Cc3ccccc3)C(=O)CC2)c1. The third-order valence-electron chi connectivity index (χ3n) is 4.32. The van der Waals surface area contributed by atoms with Crippen LogP contribution in [-0.4, -0.2) is 29.1 Å². The first kappa shape index (κ1) is 17.9. The van der Waals surface area contributed by atoms with Gasteiger partial charge in [0.05, 0.1) is 6.54 Å². The minimum absolute atomic E-state index is 0.0508. The molecule has 1 N–H and O–H groups in total. The Labute approximate surface area is 153 Å². The molecule has 2 aromatic carbocycles. The van der Waals surface area contributed by atoms with E-state index < -0.39 is 0 Å².